The highest BCUT2D eigenvalue weighted by molar-refractivity contribution is 9.10. The molecule has 2 unspecified atom stereocenters. The van der Waals surface area contributed by atoms with Crippen molar-refractivity contribution in [1.29, 1.82) is 0 Å². The third-order valence-electron chi connectivity index (χ3n) is 2.39. The van der Waals surface area contributed by atoms with Crippen molar-refractivity contribution >= 4 is 27.3 Å². The Balaban J connectivity index is 2.58. The first-order chi connectivity index (χ1) is 6.15. The van der Waals surface area contributed by atoms with E-state index in [1.165, 1.54) is 12.0 Å². The van der Waals surface area contributed by atoms with Crippen LogP contribution in [0.15, 0.2) is 15.2 Å². The second-order valence-electron chi connectivity index (χ2n) is 3.53. The van der Waals surface area contributed by atoms with Crippen LogP contribution in [0.4, 0.5) is 0 Å². The molecule has 0 radical (unpaired) electrons. The van der Waals surface area contributed by atoms with Crippen molar-refractivity contribution in [2.45, 2.75) is 32.7 Å². The van der Waals surface area contributed by atoms with Gasteiger partial charge in [-0.2, -0.15) is 11.3 Å². The Hall–Kier alpha value is 0.140. The first kappa shape index (κ1) is 11.2. The molecular weight excluding hydrogens is 246 g/mol. The molecule has 0 saturated carbocycles. The summed E-state index contributed by atoms with van der Waals surface area (Å²) in [7, 11) is 0. The van der Waals surface area contributed by atoms with Gasteiger partial charge in [0.15, 0.2) is 0 Å². The lowest BCUT2D eigenvalue weighted by atomic mass is 9.97. The van der Waals surface area contributed by atoms with Crippen LogP contribution in [0.25, 0.3) is 0 Å². The van der Waals surface area contributed by atoms with Crippen molar-refractivity contribution in [1.82, 2.24) is 0 Å². The number of halogens is 1. The maximum atomic E-state index is 6.09. The number of hydrogen-bond donors (Lipinski definition) is 1. The molecule has 1 rings (SSSR count). The third kappa shape index (κ3) is 3.08. The molecule has 0 aliphatic heterocycles. The second-order valence-corrected chi connectivity index (χ2v) is 5.13. The minimum Gasteiger partial charge on any atom is -0.324 e. The van der Waals surface area contributed by atoms with Crippen molar-refractivity contribution in [3.8, 4) is 0 Å². The molecule has 2 N–H and O–H groups in total. The zero-order valence-corrected chi connectivity index (χ0v) is 10.5. The van der Waals surface area contributed by atoms with Gasteiger partial charge in [0.25, 0.3) is 0 Å². The van der Waals surface area contributed by atoms with Crippen molar-refractivity contribution in [3.63, 3.8) is 0 Å². The summed E-state index contributed by atoms with van der Waals surface area (Å²) in [5.74, 6) is 0.710. The van der Waals surface area contributed by atoms with E-state index in [0.29, 0.717) is 5.92 Å². The molecule has 0 spiro atoms. The number of hydrogen-bond acceptors (Lipinski definition) is 2. The van der Waals surface area contributed by atoms with Gasteiger partial charge in [-0.1, -0.05) is 20.3 Å². The molecule has 3 heteroatoms. The fraction of sp³-hybridized carbons (Fsp3) is 0.600. The lowest BCUT2D eigenvalue weighted by molar-refractivity contribution is 0.461. The van der Waals surface area contributed by atoms with Crippen LogP contribution in [-0.4, -0.2) is 0 Å². The molecule has 1 aromatic rings. The topological polar surface area (TPSA) is 26.0 Å². The van der Waals surface area contributed by atoms with Crippen LogP contribution in [-0.2, 0) is 0 Å². The average molecular weight is 262 g/mol. The summed E-state index contributed by atoms with van der Waals surface area (Å²) in [5.41, 5.74) is 7.35. The smallest absolute Gasteiger partial charge is 0.0330 e. The normalized spacial score (nSPS) is 15.7. The summed E-state index contributed by atoms with van der Waals surface area (Å²) in [6.45, 7) is 4.46. The van der Waals surface area contributed by atoms with E-state index in [1.54, 1.807) is 11.3 Å². The van der Waals surface area contributed by atoms with E-state index in [1.807, 2.05) is 0 Å². The Bertz CT molecular complexity index is 259. The second kappa shape index (κ2) is 5.13. The van der Waals surface area contributed by atoms with Gasteiger partial charge in [0, 0.05) is 15.9 Å². The van der Waals surface area contributed by atoms with E-state index in [9.17, 15) is 0 Å². The van der Waals surface area contributed by atoms with Gasteiger partial charge in [-0.25, -0.2) is 0 Å². The van der Waals surface area contributed by atoms with Crippen LogP contribution in [0.1, 0.15) is 38.3 Å². The van der Waals surface area contributed by atoms with Crippen LogP contribution >= 0.6 is 27.3 Å². The maximum absolute atomic E-state index is 6.09. The lowest BCUT2D eigenvalue weighted by Crippen LogP contribution is -2.13. The van der Waals surface area contributed by atoms with Gasteiger partial charge in [0.05, 0.1) is 0 Å². The molecule has 2 atom stereocenters. The Morgan fingerprint density at radius 1 is 1.54 bits per heavy atom. The predicted molar refractivity (Wildman–Crippen MR) is 63.0 cm³/mol. The predicted octanol–water partition coefficient (Wildman–Crippen LogP) is 3.95. The third-order valence-corrected chi connectivity index (χ3v) is 4.15. The van der Waals surface area contributed by atoms with Gasteiger partial charge in [-0.15, -0.1) is 0 Å². The summed E-state index contributed by atoms with van der Waals surface area (Å²) in [6, 6.07) is 0.190. The Labute approximate surface area is 92.5 Å². The van der Waals surface area contributed by atoms with Gasteiger partial charge < -0.3 is 5.73 Å². The highest BCUT2D eigenvalue weighted by atomic mass is 79.9. The SMILES string of the molecule is CCC(C)CC(N)c1cscc1Br. The van der Waals surface area contributed by atoms with Gasteiger partial charge >= 0.3 is 0 Å². The first-order valence-electron chi connectivity index (χ1n) is 4.62. The highest BCUT2D eigenvalue weighted by Gasteiger charge is 2.13. The number of nitrogens with two attached hydrogens (primary N) is 1. The lowest BCUT2D eigenvalue weighted by Gasteiger charge is -2.15. The molecule has 0 saturated heterocycles. The Kier molecular flexibility index (Phi) is 4.42. The van der Waals surface area contributed by atoms with Crippen molar-refractivity contribution in [2.24, 2.45) is 11.7 Å². The summed E-state index contributed by atoms with van der Waals surface area (Å²) >= 11 is 5.21. The van der Waals surface area contributed by atoms with Crippen LogP contribution in [0.5, 0.6) is 0 Å². The van der Waals surface area contributed by atoms with Crippen LogP contribution < -0.4 is 5.73 Å². The van der Waals surface area contributed by atoms with Gasteiger partial charge in [0.2, 0.25) is 0 Å². The number of rotatable bonds is 4. The minimum atomic E-state index is 0.190. The molecule has 1 nitrogen and oxygen atoms in total. The maximum Gasteiger partial charge on any atom is 0.0330 e. The molecule has 13 heavy (non-hydrogen) atoms. The molecule has 74 valence electrons. The zero-order valence-electron chi connectivity index (χ0n) is 8.09. The highest BCUT2D eigenvalue weighted by Crippen LogP contribution is 2.29. The zero-order chi connectivity index (χ0) is 9.84. The van der Waals surface area contributed by atoms with E-state index in [-0.39, 0.29) is 6.04 Å². The minimum absolute atomic E-state index is 0.190. The van der Waals surface area contributed by atoms with Crippen LogP contribution in [0.3, 0.4) is 0 Å². The van der Waals surface area contributed by atoms with Gasteiger partial charge in [-0.05, 0) is 39.2 Å². The monoisotopic (exact) mass is 261 g/mol. The summed E-state index contributed by atoms with van der Waals surface area (Å²) < 4.78 is 1.16. The molecule has 0 aromatic carbocycles. The van der Waals surface area contributed by atoms with Crippen molar-refractivity contribution < 1.29 is 0 Å². The molecule has 1 heterocycles. The molecule has 0 amide bonds. The largest absolute Gasteiger partial charge is 0.324 e. The van der Waals surface area contributed by atoms with E-state index in [0.717, 1.165) is 10.9 Å². The summed E-state index contributed by atoms with van der Waals surface area (Å²) in [5, 5.41) is 4.23. The molecule has 1 aromatic heterocycles. The summed E-state index contributed by atoms with van der Waals surface area (Å²) in [6.07, 6.45) is 2.28. The molecule has 0 bridgehead atoms. The first-order valence-corrected chi connectivity index (χ1v) is 6.35. The van der Waals surface area contributed by atoms with Gasteiger partial charge in [-0.3, -0.25) is 0 Å². The Morgan fingerprint density at radius 2 is 2.23 bits per heavy atom. The molecule has 0 aliphatic rings. The average Bonchev–Trinajstić information content (AvgIpc) is 2.51. The standard InChI is InChI=1S/C10H16BrNS/c1-3-7(2)4-10(12)8-5-13-6-9(8)11/h5-7,10H,3-4,12H2,1-2H3. The fourth-order valence-electron chi connectivity index (χ4n) is 1.28. The van der Waals surface area contributed by atoms with Crippen LogP contribution in [0, 0.1) is 5.92 Å². The summed E-state index contributed by atoms with van der Waals surface area (Å²) in [4.78, 5) is 0. The number of thiophene rings is 1. The van der Waals surface area contributed by atoms with Crippen molar-refractivity contribution in [3.05, 3.63) is 20.8 Å². The van der Waals surface area contributed by atoms with Crippen LogP contribution in [0.2, 0.25) is 0 Å². The van der Waals surface area contributed by atoms with E-state index >= 15 is 0 Å². The van der Waals surface area contributed by atoms with Gasteiger partial charge in [0.1, 0.15) is 0 Å². The van der Waals surface area contributed by atoms with E-state index in [2.05, 4.69) is 40.5 Å². The quantitative estimate of drug-likeness (QED) is 0.873. The van der Waals surface area contributed by atoms with E-state index < -0.39 is 0 Å². The fourth-order valence-corrected chi connectivity index (χ4v) is 2.94. The van der Waals surface area contributed by atoms with Crippen molar-refractivity contribution in [2.75, 3.05) is 0 Å². The Morgan fingerprint density at radius 3 is 2.69 bits per heavy atom. The molecule has 0 fully saturated rings. The van der Waals surface area contributed by atoms with E-state index in [4.69, 9.17) is 5.73 Å². The molecule has 0 aliphatic carbocycles. The molecular formula is C10H16BrNS.